The van der Waals surface area contributed by atoms with Crippen LogP contribution in [0.1, 0.15) is 99.0 Å². The number of primary amides is 1. The van der Waals surface area contributed by atoms with Crippen LogP contribution < -0.4 is 27.0 Å². The Labute approximate surface area is 512 Å². The van der Waals surface area contributed by atoms with Crippen molar-refractivity contribution in [2.75, 3.05) is 119 Å². The lowest BCUT2D eigenvalue weighted by Crippen LogP contribution is -2.45. The van der Waals surface area contributed by atoms with Crippen molar-refractivity contribution in [2.24, 2.45) is 17.6 Å². The van der Waals surface area contributed by atoms with Crippen molar-refractivity contribution >= 4 is 82.1 Å². The van der Waals surface area contributed by atoms with Crippen molar-refractivity contribution in [1.82, 2.24) is 45.3 Å². The largest absolute Gasteiger partial charge is 0.448 e. The molecule has 1 aliphatic rings. The number of unbranched alkanes of at least 4 members (excludes halogenated alkanes) is 2. The van der Waals surface area contributed by atoms with Crippen LogP contribution in [-0.4, -0.2) is 225 Å². The van der Waals surface area contributed by atoms with Gasteiger partial charge in [0.05, 0.1) is 17.1 Å². The van der Waals surface area contributed by atoms with Gasteiger partial charge < -0.3 is 55.9 Å². The van der Waals surface area contributed by atoms with Crippen LogP contribution in [0.2, 0.25) is 0 Å². The van der Waals surface area contributed by atoms with Crippen LogP contribution in [0.3, 0.4) is 0 Å². The molecule has 0 aromatic heterocycles. The average Bonchev–Trinajstić information content (AvgIpc) is 3.57. The first-order valence-corrected chi connectivity index (χ1v) is 29.7. The van der Waals surface area contributed by atoms with Crippen LogP contribution in [0.25, 0.3) is 0 Å². The van der Waals surface area contributed by atoms with Gasteiger partial charge in [0.2, 0.25) is 17.6 Å². The molecule has 1 aromatic carbocycles. The minimum Gasteiger partial charge on any atom is -0.448 e. The number of carbonyl (C=O) groups is 11. The Morgan fingerprint density at radius 1 is 0.698 bits per heavy atom. The molecule has 1 aromatic rings. The fourth-order valence-electron chi connectivity index (χ4n) is 7.55. The van der Waals surface area contributed by atoms with Crippen molar-refractivity contribution in [3.05, 3.63) is 42.0 Å². The van der Waals surface area contributed by atoms with E-state index in [1.807, 2.05) is 58.6 Å². The Morgan fingerprint density at radius 2 is 1.22 bits per heavy atom. The molecule has 25 nitrogen and oxygen atoms in total. The fourth-order valence-corrected chi connectivity index (χ4v) is 7.70. The molecular weight excluding hydrogens is 1130 g/mol. The second-order valence-electron chi connectivity index (χ2n) is 21.9. The van der Waals surface area contributed by atoms with Gasteiger partial charge in [-0.25, -0.2) is 19.2 Å². The molecule has 0 saturated carbocycles. The van der Waals surface area contributed by atoms with E-state index in [-0.39, 0.29) is 112 Å². The summed E-state index contributed by atoms with van der Waals surface area (Å²) in [5.74, 6) is 7.96. The Bertz CT molecular complexity index is 2590. The van der Waals surface area contributed by atoms with Crippen LogP contribution in [-0.2, 0) is 54.4 Å². The van der Waals surface area contributed by atoms with E-state index < -0.39 is 47.2 Å². The summed E-state index contributed by atoms with van der Waals surface area (Å²) in [4.78, 5) is 143. The highest BCUT2D eigenvalue weighted by Crippen LogP contribution is 2.21. The lowest BCUT2D eigenvalue weighted by Gasteiger charge is -2.30. The molecule has 0 fully saturated rings. The van der Waals surface area contributed by atoms with Crippen LogP contribution in [0.4, 0.5) is 24.9 Å². The van der Waals surface area contributed by atoms with Crippen molar-refractivity contribution in [2.45, 2.75) is 117 Å². The molecule has 2 rings (SSSR count). The van der Waals surface area contributed by atoms with E-state index in [1.165, 1.54) is 40.8 Å². The molecule has 0 aliphatic carbocycles. The lowest BCUT2D eigenvalue weighted by molar-refractivity contribution is -0.137. The molecular formula is C60H93N11O14S. The van der Waals surface area contributed by atoms with Gasteiger partial charge in [0.25, 0.3) is 16.9 Å². The molecule has 6 N–H and O–H groups in total. The van der Waals surface area contributed by atoms with E-state index in [4.69, 9.17) is 19.9 Å². The van der Waals surface area contributed by atoms with Crippen molar-refractivity contribution in [3.63, 3.8) is 0 Å². The summed E-state index contributed by atoms with van der Waals surface area (Å²) in [7, 11) is 10.3. The molecule has 478 valence electrons. The van der Waals surface area contributed by atoms with E-state index in [2.05, 4.69) is 44.9 Å². The van der Waals surface area contributed by atoms with Gasteiger partial charge in [0.15, 0.2) is 5.78 Å². The third kappa shape index (κ3) is 31.0. The zero-order chi connectivity index (χ0) is 65.2. The smallest absolute Gasteiger partial charge is 0.409 e. The first-order valence-electron chi connectivity index (χ1n) is 28.5. The first-order chi connectivity index (χ1) is 40.3. The molecule has 0 saturated heterocycles. The number of ether oxygens (including phenoxy) is 3. The second-order valence-corrected chi connectivity index (χ2v) is 22.7. The molecule has 0 radical (unpaired) electrons. The number of rotatable bonds is 33. The maximum absolute atomic E-state index is 13.6. The van der Waals surface area contributed by atoms with E-state index in [0.29, 0.717) is 56.6 Å². The van der Waals surface area contributed by atoms with Gasteiger partial charge in [-0.15, -0.1) is 0 Å². The fraction of sp³-hybridized carbons (Fsp3) is 0.617. The maximum atomic E-state index is 13.6. The van der Waals surface area contributed by atoms with Gasteiger partial charge in [-0.3, -0.25) is 48.3 Å². The number of urea groups is 1. The zero-order valence-corrected chi connectivity index (χ0v) is 53.6. The number of ketones is 2. The lowest BCUT2D eigenvalue weighted by atomic mass is 9.89. The molecule has 1 aliphatic heterocycles. The third-order valence-corrected chi connectivity index (χ3v) is 14.2. The number of nitrogens with one attached hydrogen (secondary N) is 4. The molecule has 2 atom stereocenters. The van der Waals surface area contributed by atoms with Crippen LogP contribution >= 0.6 is 11.8 Å². The predicted molar refractivity (Wildman–Crippen MR) is 329 cm³/mol. The molecule has 0 unspecified atom stereocenters. The number of Topliss-reactive ketones (excluding diaryl/α,β-unsaturated/α-hetero) is 2. The third-order valence-electron chi connectivity index (χ3n) is 13.8. The number of amides is 9. The Hall–Kier alpha value is -7.52. The van der Waals surface area contributed by atoms with Crippen molar-refractivity contribution in [1.29, 1.82) is 0 Å². The van der Waals surface area contributed by atoms with Crippen LogP contribution in [0, 0.1) is 35.5 Å². The highest BCUT2D eigenvalue weighted by Gasteiger charge is 2.30. The molecule has 0 spiro atoms. The highest BCUT2D eigenvalue weighted by molar-refractivity contribution is 8.13. The minimum atomic E-state index is -0.849. The predicted octanol–water partition coefficient (Wildman–Crippen LogP) is 4.09. The van der Waals surface area contributed by atoms with E-state index in [9.17, 15) is 52.7 Å². The number of thioether (sulfide) groups is 1. The van der Waals surface area contributed by atoms with Gasteiger partial charge in [-0.1, -0.05) is 56.0 Å². The van der Waals surface area contributed by atoms with Gasteiger partial charge in [-0.2, -0.15) is 0 Å². The Balaban J connectivity index is 0.00000148. The molecule has 86 heavy (non-hydrogen) atoms. The van der Waals surface area contributed by atoms with Crippen molar-refractivity contribution < 1.29 is 67.0 Å². The molecule has 1 heterocycles. The summed E-state index contributed by atoms with van der Waals surface area (Å²) in [5.41, 5.74) is 5.20. The van der Waals surface area contributed by atoms with Gasteiger partial charge in [-0.05, 0) is 116 Å². The minimum absolute atomic E-state index is 0.0698. The quantitative estimate of drug-likeness (QED) is 0.0218. The second kappa shape index (κ2) is 40.0. The number of nitrogens with two attached hydrogens (primary N) is 1. The molecule has 9 amide bonds. The van der Waals surface area contributed by atoms with E-state index in [1.54, 1.807) is 58.5 Å². The van der Waals surface area contributed by atoms with Gasteiger partial charge in [0.1, 0.15) is 19.8 Å². The number of benzene rings is 1. The average molecular weight is 1220 g/mol. The summed E-state index contributed by atoms with van der Waals surface area (Å²) in [6, 6.07) is 5.04. The van der Waals surface area contributed by atoms with Crippen LogP contribution in [0.5, 0.6) is 0 Å². The van der Waals surface area contributed by atoms with E-state index in [0.717, 1.165) is 23.2 Å². The number of carbonyl (C=O) groups excluding carboxylic acids is 11. The SMILES string of the molecule is CNCCN(C)C(=O)OCCN(C)C(C)(C)C#CC(C)=O.CSC(=O)C#CC(C)(C)N(C)CCOC(=O)N(C)CCN(C)C(=O)OCc1ccc(NC(=O)[C@H](CCCNC(N)=O)CC(=O)[C@@H](NC(=O)CCCCCN2C(=O)C=CC2=O)C(C)C)cc1. The molecule has 26 heteroatoms. The summed E-state index contributed by atoms with van der Waals surface area (Å²) < 4.78 is 16.0. The Morgan fingerprint density at radius 3 is 1.72 bits per heavy atom. The first kappa shape index (κ1) is 76.5. The number of imide groups is 1. The number of likely N-dealkylation sites (N-methyl/N-ethyl adjacent to an activating group) is 6. The monoisotopic (exact) mass is 1220 g/mol. The Kier molecular flexibility index (Phi) is 35.6. The standard InChI is InChI=1S/C45H66N8O11S.C15H27N3O3/c1-31(2)40(49-36(55)14-10-9-11-24-53-37(56)19-20-38(53)57)35(54)29-33(13-12-23-47-42(46)60)41(59)48-34-17-15-32(16-18-34)30-64-44(62)51(6)26-25-50(5)43(61)63-28-27-52(7)45(3,4)22-21-39(58)65-8;1-13(19)7-8-15(2,3)18(6)11-12-21-14(20)17(5)10-9-16-4/h15-20,31,33,40H,9-14,23-30H2,1-8H3,(H,48,59)(H,49,55)(H3,46,47,60);16H,9-12H2,1-6H3/t33-,40+;/m1./s1. The van der Waals surface area contributed by atoms with Gasteiger partial charge >= 0.3 is 24.3 Å². The zero-order valence-electron chi connectivity index (χ0n) is 52.8. The molecule has 0 bridgehead atoms. The topological polar surface area (TPSA) is 309 Å². The maximum Gasteiger partial charge on any atom is 0.409 e. The number of anilines is 1. The summed E-state index contributed by atoms with van der Waals surface area (Å²) in [5, 5.41) is 10.9. The summed E-state index contributed by atoms with van der Waals surface area (Å²) in [6.45, 7) is 16.0. The highest BCUT2D eigenvalue weighted by atomic mass is 32.2. The summed E-state index contributed by atoms with van der Waals surface area (Å²) in [6.07, 6.45) is 4.77. The number of hydrogen-bond donors (Lipinski definition) is 5. The van der Waals surface area contributed by atoms with E-state index >= 15 is 0 Å². The van der Waals surface area contributed by atoms with Crippen LogP contribution in [0.15, 0.2) is 36.4 Å². The number of nitrogens with zero attached hydrogens (tertiary/aromatic N) is 6. The van der Waals surface area contributed by atoms with Crippen molar-refractivity contribution in [3.8, 4) is 23.7 Å². The normalized spacial score (nSPS) is 12.5. The summed E-state index contributed by atoms with van der Waals surface area (Å²) >= 11 is 1.04. The number of hydrogen-bond acceptors (Lipinski definition) is 18. The van der Waals surface area contributed by atoms with Gasteiger partial charge in [0, 0.05) is 117 Å².